The van der Waals surface area contributed by atoms with Crippen molar-refractivity contribution < 1.29 is 5.11 Å². The molecule has 0 saturated heterocycles. The highest BCUT2D eigenvalue weighted by molar-refractivity contribution is 5.21. The van der Waals surface area contributed by atoms with Gasteiger partial charge >= 0.3 is 0 Å². The third-order valence-corrected chi connectivity index (χ3v) is 4.12. The highest BCUT2D eigenvalue weighted by Gasteiger charge is 2.31. The van der Waals surface area contributed by atoms with Gasteiger partial charge in [-0.25, -0.2) is 4.98 Å². The van der Waals surface area contributed by atoms with Crippen LogP contribution in [0.5, 0.6) is 0 Å². The van der Waals surface area contributed by atoms with E-state index in [1.165, 1.54) is 24.2 Å². The van der Waals surface area contributed by atoms with Gasteiger partial charge in [-0.15, -0.1) is 0 Å². The molecule has 0 amide bonds. The average Bonchev–Trinajstić information content (AvgIpc) is 2.81. The Balaban J connectivity index is 2.02. The summed E-state index contributed by atoms with van der Waals surface area (Å²) in [5, 5.41) is 10.0. The molecule has 1 fully saturated rings. The topological polar surface area (TPSA) is 38.0 Å². The molecule has 0 bridgehead atoms. The molecule has 88 valence electrons. The molecule has 2 aliphatic carbocycles. The first-order chi connectivity index (χ1) is 7.77. The van der Waals surface area contributed by atoms with Crippen LogP contribution in [0, 0.1) is 6.92 Å². The Kier molecular flexibility index (Phi) is 2.51. The van der Waals surface area contributed by atoms with Gasteiger partial charge in [0.15, 0.2) is 0 Å². The lowest BCUT2D eigenvalue weighted by molar-refractivity contribution is 0.133. The normalized spacial score (nSPS) is 29.4. The van der Waals surface area contributed by atoms with E-state index in [1.54, 1.807) is 0 Å². The molecule has 0 spiro atoms. The number of rotatable bonds is 1. The van der Waals surface area contributed by atoms with Crippen LogP contribution in [0.15, 0.2) is 0 Å². The van der Waals surface area contributed by atoms with E-state index < -0.39 is 0 Å². The molecule has 16 heavy (non-hydrogen) atoms. The Hall–Kier alpha value is -0.830. The lowest BCUT2D eigenvalue weighted by Crippen LogP contribution is -2.22. The SMILES string of the molecule is Cc1nc2c(n1[C@H]1CCC[C@@H]1O)CCCC2. The third kappa shape index (κ3) is 1.49. The van der Waals surface area contributed by atoms with Crippen LogP contribution in [0.4, 0.5) is 0 Å². The number of aliphatic hydroxyl groups is 1. The second-order valence-electron chi connectivity index (χ2n) is 5.20. The van der Waals surface area contributed by atoms with Gasteiger partial charge in [0.05, 0.1) is 17.8 Å². The van der Waals surface area contributed by atoms with Crippen LogP contribution in [0.3, 0.4) is 0 Å². The molecule has 0 radical (unpaired) electrons. The number of aromatic nitrogens is 2. The van der Waals surface area contributed by atoms with Gasteiger partial charge in [0.25, 0.3) is 0 Å². The maximum atomic E-state index is 10.0. The molecule has 0 aliphatic heterocycles. The zero-order chi connectivity index (χ0) is 11.1. The Labute approximate surface area is 96.5 Å². The summed E-state index contributed by atoms with van der Waals surface area (Å²) in [4.78, 5) is 4.68. The van der Waals surface area contributed by atoms with Crippen molar-refractivity contribution in [3.8, 4) is 0 Å². The molecule has 2 aliphatic rings. The fourth-order valence-corrected chi connectivity index (χ4v) is 3.36. The van der Waals surface area contributed by atoms with Crippen molar-refractivity contribution in [2.45, 2.75) is 64.0 Å². The highest BCUT2D eigenvalue weighted by Crippen LogP contribution is 2.34. The summed E-state index contributed by atoms with van der Waals surface area (Å²) in [6.45, 7) is 2.09. The first-order valence-electron chi connectivity index (χ1n) is 6.52. The fourth-order valence-electron chi connectivity index (χ4n) is 3.36. The molecule has 2 atom stereocenters. The minimum atomic E-state index is -0.154. The zero-order valence-corrected chi connectivity index (χ0v) is 9.95. The summed E-state index contributed by atoms with van der Waals surface area (Å²) in [5.74, 6) is 1.11. The van der Waals surface area contributed by atoms with Gasteiger partial charge in [0, 0.05) is 5.69 Å². The molecule has 3 heteroatoms. The van der Waals surface area contributed by atoms with Crippen LogP contribution < -0.4 is 0 Å². The quantitative estimate of drug-likeness (QED) is 0.787. The fraction of sp³-hybridized carbons (Fsp3) is 0.769. The number of nitrogens with zero attached hydrogens (tertiary/aromatic N) is 2. The van der Waals surface area contributed by atoms with E-state index in [1.807, 2.05) is 0 Å². The molecular formula is C13H20N2O. The summed E-state index contributed by atoms with van der Waals surface area (Å²) >= 11 is 0. The predicted octanol–water partition coefficient (Wildman–Crippen LogP) is 2.16. The van der Waals surface area contributed by atoms with Crippen molar-refractivity contribution in [2.75, 3.05) is 0 Å². The van der Waals surface area contributed by atoms with Gasteiger partial charge < -0.3 is 9.67 Å². The molecule has 1 N–H and O–H groups in total. The molecule has 1 heterocycles. The number of aliphatic hydroxyl groups excluding tert-OH is 1. The summed E-state index contributed by atoms with van der Waals surface area (Å²) in [5.41, 5.74) is 2.71. The first-order valence-corrected chi connectivity index (χ1v) is 6.52. The van der Waals surface area contributed by atoms with Crippen LogP contribution in [-0.2, 0) is 12.8 Å². The van der Waals surface area contributed by atoms with Crippen molar-refractivity contribution in [3.63, 3.8) is 0 Å². The monoisotopic (exact) mass is 220 g/mol. The predicted molar refractivity (Wildman–Crippen MR) is 62.5 cm³/mol. The van der Waals surface area contributed by atoms with E-state index in [0.29, 0.717) is 6.04 Å². The molecule has 3 nitrogen and oxygen atoms in total. The number of aryl methyl sites for hydroxylation is 2. The van der Waals surface area contributed by atoms with E-state index >= 15 is 0 Å². The van der Waals surface area contributed by atoms with Crippen molar-refractivity contribution in [3.05, 3.63) is 17.2 Å². The van der Waals surface area contributed by atoms with Crippen LogP contribution >= 0.6 is 0 Å². The Morgan fingerprint density at radius 2 is 2.00 bits per heavy atom. The molecule has 1 aromatic rings. The molecule has 1 aromatic heterocycles. The maximum Gasteiger partial charge on any atom is 0.106 e. The van der Waals surface area contributed by atoms with Gasteiger partial charge in [-0.2, -0.15) is 0 Å². The molecule has 1 saturated carbocycles. The number of imidazole rings is 1. The second kappa shape index (κ2) is 3.88. The minimum absolute atomic E-state index is 0.154. The van der Waals surface area contributed by atoms with E-state index in [9.17, 15) is 5.11 Å². The van der Waals surface area contributed by atoms with E-state index in [2.05, 4.69) is 16.5 Å². The number of hydrogen-bond acceptors (Lipinski definition) is 2. The van der Waals surface area contributed by atoms with Gasteiger partial charge in [-0.05, 0) is 51.9 Å². The lowest BCUT2D eigenvalue weighted by Gasteiger charge is -2.22. The zero-order valence-electron chi connectivity index (χ0n) is 9.95. The molecular weight excluding hydrogens is 200 g/mol. The van der Waals surface area contributed by atoms with E-state index in [4.69, 9.17) is 0 Å². The summed E-state index contributed by atoms with van der Waals surface area (Å²) in [6.07, 6.45) is 7.90. The molecule has 0 unspecified atom stereocenters. The number of hydrogen-bond donors (Lipinski definition) is 1. The Morgan fingerprint density at radius 1 is 1.19 bits per heavy atom. The van der Waals surface area contributed by atoms with Gasteiger partial charge in [0.1, 0.15) is 5.82 Å². The number of fused-ring (bicyclic) bond motifs is 1. The second-order valence-corrected chi connectivity index (χ2v) is 5.20. The smallest absolute Gasteiger partial charge is 0.106 e. The highest BCUT2D eigenvalue weighted by atomic mass is 16.3. The van der Waals surface area contributed by atoms with Crippen LogP contribution in [0.2, 0.25) is 0 Å². The van der Waals surface area contributed by atoms with Crippen LogP contribution in [-0.4, -0.2) is 20.8 Å². The average molecular weight is 220 g/mol. The minimum Gasteiger partial charge on any atom is -0.391 e. The molecule has 3 rings (SSSR count). The van der Waals surface area contributed by atoms with Crippen molar-refractivity contribution in [1.29, 1.82) is 0 Å². The van der Waals surface area contributed by atoms with Gasteiger partial charge in [0.2, 0.25) is 0 Å². The summed E-state index contributed by atoms with van der Waals surface area (Å²) < 4.78 is 2.34. The van der Waals surface area contributed by atoms with Crippen molar-refractivity contribution in [2.24, 2.45) is 0 Å². The van der Waals surface area contributed by atoms with Gasteiger partial charge in [-0.1, -0.05) is 0 Å². The van der Waals surface area contributed by atoms with E-state index in [-0.39, 0.29) is 6.10 Å². The van der Waals surface area contributed by atoms with Crippen LogP contribution in [0.25, 0.3) is 0 Å². The third-order valence-electron chi connectivity index (χ3n) is 4.12. The van der Waals surface area contributed by atoms with E-state index in [0.717, 1.165) is 37.9 Å². The Bertz CT molecular complexity index is 397. The van der Waals surface area contributed by atoms with Gasteiger partial charge in [-0.3, -0.25) is 0 Å². The van der Waals surface area contributed by atoms with Crippen molar-refractivity contribution in [1.82, 2.24) is 9.55 Å². The lowest BCUT2D eigenvalue weighted by atomic mass is 10.0. The maximum absolute atomic E-state index is 10.0. The van der Waals surface area contributed by atoms with Crippen LogP contribution in [0.1, 0.15) is 55.4 Å². The Morgan fingerprint density at radius 3 is 2.75 bits per heavy atom. The summed E-state index contributed by atoms with van der Waals surface area (Å²) in [7, 11) is 0. The summed E-state index contributed by atoms with van der Waals surface area (Å²) in [6, 6.07) is 0.300. The standard InChI is InChI=1S/C13H20N2O/c1-9-14-10-5-2-3-6-11(10)15(9)12-7-4-8-13(12)16/h12-13,16H,2-8H2,1H3/t12-,13-/m0/s1. The first kappa shape index (κ1) is 10.3. The molecule has 0 aromatic carbocycles. The largest absolute Gasteiger partial charge is 0.391 e. The van der Waals surface area contributed by atoms with Crippen molar-refractivity contribution >= 4 is 0 Å².